The summed E-state index contributed by atoms with van der Waals surface area (Å²) in [6.07, 6.45) is 6.80. The second kappa shape index (κ2) is 10.3. The van der Waals surface area contributed by atoms with E-state index in [1.807, 2.05) is 13.8 Å². The molecule has 0 unspecified atom stereocenters. The van der Waals surface area contributed by atoms with Gasteiger partial charge in [0.1, 0.15) is 0 Å². The van der Waals surface area contributed by atoms with Gasteiger partial charge in [0.25, 0.3) is 0 Å². The van der Waals surface area contributed by atoms with Gasteiger partial charge in [0.05, 0.1) is 0 Å². The van der Waals surface area contributed by atoms with Gasteiger partial charge in [0, 0.05) is 17.1 Å². The number of anilines is 2. The van der Waals surface area contributed by atoms with Gasteiger partial charge in [-0.05, 0) is 59.7 Å². The molecule has 0 fully saturated rings. The van der Waals surface area contributed by atoms with Crippen molar-refractivity contribution in [3.63, 3.8) is 0 Å². The van der Waals surface area contributed by atoms with Crippen LogP contribution in [0.4, 0.5) is 11.4 Å². The van der Waals surface area contributed by atoms with Crippen LogP contribution in [0.2, 0.25) is 0 Å². The van der Waals surface area contributed by atoms with Crippen molar-refractivity contribution in [3.05, 3.63) is 108 Å². The van der Waals surface area contributed by atoms with E-state index in [-0.39, 0.29) is 5.41 Å². The van der Waals surface area contributed by atoms with Crippen molar-refractivity contribution in [2.45, 2.75) is 47.5 Å². The largest absolute Gasteiger partial charge is 0.314 e. The third-order valence-corrected chi connectivity index (χ3v) is 5.60. The monoisotopic (exact) mass is 409 g/mol. The average Bonchev–Trinajstić information content (AvgIpc) is 2.82. The van der Waals surface area contributed by atoms with Gasteiger partial charge in [-0.3, -0.25) is 0 Å². The van der Waals surface area contributed by atoms with Crippen LogP contribution in [0.25, 0.3) is 11.1 Å². The van der Waals surface area contributed by atoms with Gasteiger partial charge in [-0.1, -0.05) is 107 Å². The van der Waals surface area contributed by atoms with Crippen LogP contribution in [0.15, 0.2) is 108 Å². The molecule has 0 radical (unpaired) electrons. The van der Waals surface area contributed by atoms with Crippen LogP contribution in [-0.2, 0) is 0 Å². The molecule has 1 aliphatic rings. The molecule has 160 valence electrons. The van der Waals surface area contributed by atoms with Gasteiger partial charge in [-0.25, -0.2) is 0 Å². The first-order valence-corrected chi connectivity index (χ1v) is 11.4. The molecule has 0 saturated heterocycles. The van der Waals surface area contributed by atoms with Gasteiger partial charge in [0.15, 0.2) is 0 Å². The summed E-state index contributed by atoms with van der Waals surface area (Å²) in [6.45, 7) is 10.9. The Labute approximate surface area is 188 Å². The van der Waals surface area contributed by atoms with E-state index >= 15 is 0 Å². The molecule has 0 saturated carbocycles. The van der Waals surface area contributed by atoms with Crippen molar-refractivity contribution in [1.29, 1.82) is 0 Å². The predicted octanol–water partition coefficient (Wildman–Crippen LogP) is 9.17. The molecule has 0 atom stereocenters. The van der Waals surface area contributed by atoms with Crippen molar-refractivity contribution in [2.75, 3.05) is 4.90 Å². The van der Waals surface area contributed by atoms with Gasteiger partial charge in [0.2, 0.25) is 0 Å². The van der Waals surface area contributed by atoms with Gasteiger partial charge in [-0.15, -0.1) is 0 Å². The SMILES string of the molecule is CC.CC(C)(C)C1=CC=C(N(c2ccccc2)c2cccc(-c3ccccc3)c2)CC1. The Morgan fingerprint density at radius 1 is 0.613 bits per heavy atom. The van der Waals surface area contributed by atoms with Gasteiger partial charge >= 0.3 is 0 Å². The van der Waals surface area contributed by atoms with Crippen molar-refractivity contribution in [3.8, 4) is 11.1 Å². The number of benzene rings is 3. The van der Waals surface area contributed by atoms with Crippen LogP contribution in [0.3, 0.4) is 0 Å². The second-order valence-corrected chi connectivity index (χ2v) is 8.69. The number of allylic oxidation sites excluding steroid dienone is 4. The maximum atomic E-state index is 2.41. The Hall–Kier alpha value is -3.06. The zero-order chi connectivity index (χ0) is 22.3. The van der Waals surface area contributed by atoms with Crippen LogP contribution in [-0.4, -0.2) is 0 Å². The van der Waals surface area contributed by atoms with Gasteiger partial charge in [-0.2, -0.15) is 0 Å². The quantitative estimate of drug-likeness (QED) is 0.415. The molecule has 1 nitrogen and oxygen atoms in total. The normalized spacial score (nSPS) is 13.5. The molecular weight excluding hydrogens is 374 g/mol. The lowest BCUT2D eigenvalue weighted by Gasteiger charge is -2.32. The lowest BCUT2D eigenvalue weighted by molar-refractivity contribution is 0.479. The van der Waals surface area contributed by atoms with Crippen LogP contribution in [0.5, 0.6) is 0 Å². The van der Waals surface area contributed by atoms with E-state index in [9.17, 15) is 0 Å². The average molecular weight is 410 g/mol. The summed E-state index contributed by atoms with van der Waals surface area (Å²) in [4.78, 5) is 2.41. The van der Waals surface area contributed by atoms with E-state index in [0.29, 0.717) is 0 Å². The van der Waals surface area contributed by atoms with E-state index in [0.717, 1.165) is 12.8 Å². The van der Waals surface area contributed by atoms with E-state index < -0.39 is 0 Å². The maximum Gasteiger partial charge on any atom is 0.0464 e. The summed E-state index contributed by atoms with van der Waals surface area (Å²) in [5, 5.41) is 0. The molecule has 0 amide bonds. The van der Waals surface area contributed by atoms with Crippen LogP contribution in [0.1, 0.15) is 47.5 Å². The second-order valence-electron chi connectivity index (χ2n) is 8.69. The van der Waals surface area contributed by atoms with E-state index in [1.165, 1.54) is 33.8 Å². The number of hydrogen-bond donors (Lipinski definition) is 0. The highest BCUT2D eigenvalue weighted by molar-refractivity contribution is 5.75. The number of para-hydroxylation sites is 1. The summed E-state index contributed by atoms with van der Waals surface area (Å²) in [5.41, 5.74) is 7.99. The minimum absolute atomic E-state index is 0.229. The summed E-state index contributed by atoms with van der Waals surface area (Å²) >= 11 is 0. The molecule has 31 heavy (non-hydrogen) atoms. The fraction of sp³-hybridized carbons (Fsp3) is 0.267. The van der Waals surface area contributed by atoms with E-state index in [2.05, 4.69) is 123 Å². The predicted molar refractivity (Wildman–Crippen MR) is 137 cm³/mol. The molecule has 4 rings (SSSR count). The Morgan fingerprint density at radius 2 is 1.19 bits per heavy atom. The molecule has 0 spiro atoms. The summed E-state index contributed by atoms with van der Waals surface area (Å²) in [6, 6.07) is 30.2. The smallest absolute Gasteiger partial charge is 0.0464 e. The standard InChI is InChI=1S/C28H29N.C2H6/c1-28(2,3)24-17-19-26(20-18-24)29(25-14-8-5-9-15-25)27-16-10-13-23(21-27)22-11-6-4-7-12-22;1-2/h4-17,19,21H,18,20H2,1-3H3;1-2H3. The summed E-state index contributed by atoms with van der Waals surface area (Å²) < 4.78 is 0. The summed E-state index contributed by atoms with van der Waals surface area (Å²) in [7, 11) is 0. The first-order valence-electron chi connectivity index (χ1n) is 11.4. The first-order chi connectivity index (χ1) is 15.0. The highest BCUT2D eigenvalue weighted by Crippen LogP contribution is 2.39. The Bertz CT molecular complexity index is 1020. The lowest BCUT2D eigenvalue weighted by Crippen LogP contribution is -2.20. The highest BCUT2D eigenvalue weighted by Gasteiger charge is 2.22. The third-order valence-electron chi connectivity index (χ3n) is 5.60. The van der Waals surface area contributed by atoms with Crippen molar-refractivity contribution < 1.29 is 0 Å². The molecule has 1 aliphatic carbocycles. The molecule has 0 aromatic heterocycles. The molecule has 0 heterocycles. The van der Waals surface area contributed by atoms with Crippen molar-refractivity contribution >= 4 is 11.4 Å². The minimum atomic E-state index is 0.229. The summed E-state index contributed by atoms with van der Waals surface area (Å²) in [5.74, 6) is 0. The highest BCUT2D eigenvalue weighted by atomic mass is 15.1. The molecule has 3 aromatic carbocycles. The van der Waals surface area contributed by atoms with Gasteiger partial charge < -0.3 is 4.90 Å². The van der Waals surface area contributed by atoms with E-state index in [1.54, 1.807) is 0 Å². The Balaban J connectivity index is 0.00000132. The maximum absolute atomic E-state index is 2.41. The topological polar surface area (TPSA) is 3.24 Å². The minimum Gasteiger partial charge on any atom is -0.314 e. The van der Waals surface area contributed by atoms with Crippen molar-refractivity contribution in [2.24, 2.45) is 5.41 Å². The molecule has 0 N–H and O–H groups in total. The number of hydrogen-bond acceptors (Lipinski definition) is 1. The number of nitrogens with zero attached hydrogens (tertiary/aromatic N) is 1. The van der Waals surface area contributed by atoms with E-state index in [4.69, 9.17) is 0 Å². The van der Waals surface area contributed by atoms with Crippen LogP contribution >= 0.6 is 0 Å². The fourth-order valence-electron chi connectivity index (χ4n) is 3.95. The molecular formula is C30H35N. The fourth-order valence-corrected chi connectivity index (χ4v) is 3.95. The van der Waals surface area contributed by atoms with Crippen LogP contribution in [0, 0.1) is 5.41 Å². The van der Waals surface area contributed by atoms with Crippen molar-refractivity contribution in [1.82, 2.24) is 0 Å². The first kappa shape index (κ1) is 22.6. The zero-order valence-electron chi connectivity index (χ0n) is 19.6. The molecule has 1 heteroatoms. The molecule has 0 bridgehead atoms. The third kappa shape index (κ3) is 5.55. The van der Waals surface area contributed by atoms with Crippen LogP contribution < -0.4 is 4.90 Å². The Morgan fingerprint density at radius 3 is 1.77 bits per heavy atom. The molecule has 0 aliphatic heterocycles. The zero-order valence-corrected chi connectivity index (χ0v) is 19.6. The Kier molecular flexibility index (Phi) is 7.52. The lowest BCUT2D eigenvalue weighted by atomic mass is 9.81. The number of rotatable bonds is 4. The molecule has 3 aromatic rings.